The Balaban J connectivity index is 2.29. The fraction of sp³-hybridized carbons (Fsp3) is 0.417. The lowest BCUT2D eigenvalue weighted by atomic mass is 10.1. The molecule has 0 spiro atoms. The molecule has 0 saturated carbocycles. The minimum atomic E-state index is 0.229. The van der Waals surface area contributed by atoms with Crippen molar-refractivity contribution in [2.45, 2.75) is 6.42 Å². The van der Waals surface area contributed by atoms with Crippen LogP contribution in [0.5, 0.6) is 0 Å². The summed E-state index contributed by atoms with van der Waals surface area (Å²) in [5.74, 6) is 0.338. The van der Waals surface area contributed by atoms with Crippen molar-refractivity contribution in [1.82, 2.24) is 0 Å². The lowest BCUT2D eigenvalue weighted by Crippen LogP contribution is -2.24. The monoisotopic (exact) mass is 270 g/mol. The minimum Gasteiger partial charge on any atom is -0.396 e. The van der Waals surface area contributed by atoms with Crippen LogP contribution in [0, 0.1) is 5.92 Å². The van der Waals surface area contributed by atoms with Gasteiger partial charge in [-0.3, -0.25) is 0 Å². The van der Waals surface area contributed by atoms with Gasteiger partial charge in [-0.1, -0.05) is 23.8 Å². The summed E-state index contributed by atoms with van der Waals surface area (Å²) in [6.07, 6.45) is 0.996. The van der Waals surface area contributed by atoms with Crippen molar-refractivity contribution in [3.63, 3.8) is 0 Å². The fourth-order valence-electron chi connectivity index (χ4n) is 2.18. The van der Waals surface area contributed by atoms with Crippen LogP contribution in [0.1, 0.15) is 12.0 Å². The number of rotatable bonds is 3. The van der Waals surface area contributed by atoms with Gasteiger partial charge in [0.05, 0.1) is 0 Å². The molecule has 1 atom stereocenters. The Bertz CT molecular complexity index is 439. The van der Waals surface area contributed by atoms with Gasteiger partial charge in [-0.15, -0.1) is 0 Å². The average Bonchev–Trinajstić information content (AvgIpc) is 2.77. The SMILES string of the molecule is NC(=S)c1cc(Cl)ccc1N1CCC(CO)C1. The molecule has 0 aromatic heterocycles. The van der Waals surface area contributed by atoms with E-state index in [4.69, 9.17) is 34.7 Å². The minimum absolute atomic E-state index is 0.229. The first-order chi connectivity index (χ1) is 8.11. The summed E-state index contributed by atoms with van der Waals surface area (Å²) < 4.78 is 0. The molecular weight excluding hydrogens is 256 g/mol. The molecule has 1 aromatic rings. The van der Waals surface area contributed by atoms with E-state index in [1.165, 1.54) is 0 Å². The van der Waals surface area contributed by atoms with Crippen LogP contribution in [0.15, 0.2) is 18.2 Å². The zero-order chi connectivity index (χ0) is 12.4. The Hall–Kier alpha value is -0.840. The molecule has 5 heteroatoms. The number of benzene rings is 1. The van der Waals surface area contributed by atoms with Crippen LogP contribution in [-0.4, -0.2) is 29.8 Å². The van der Waals surface area contributed by atoms with Gasteiger partial charge in [-0.25, -0.2) is 0 Å². The topological polar surface area (TPSA) is 49.5 Å². The maximum Gasteiger partial charge on any atom is 0.106 e. The van der Waals surface area contributed by atoms with E-state index >= 15 is 0 Å². The van der Waals surface area contributed by atoms with Crippen molar-refractivity contribution in [3.8, 4) is 0 Å². The third-order valence-electron chi connectivity index (χ3n) is 3.11. The van der Waals surface area contributed by atoms with Crippen LogP contribution in [0.2, 0.25) is 5.02 Å². The van der Waals surface area contributed by atoms with Gasteiger partial charge < -0.3 is 15.7 Å². The van der Waals surface area contributed by atoms with Crippen LogP contribution < -0.4 is 10.6 Å². The summed E-state index contributed by atoms with van der Waals surface area (Å²) >= 11 is 11.0. The standard InChI is InChI=1S/C12H15ClN2OS/c13-9-1-2-11(10(5-9)12(14)17)15-4-3-8(6-15)7-16/h1-2,5,8,16H,3-4,6-7H2,(H2,14,17). The zero-order valence-corrected chi connectivity index (χ0v) is 11.0. The molecule has 1 aliphatic rings. The number of anilines is 1. The van der Waals surface area contributed by atoms with Crippen LogP contribution in [0.25, 0.3) is 0 Å². The first-order valence-electron chi connectivity index (χ1n) is 5.57. The van der Waals surface area contributed by atoms with Crippen molar-refractivity contribution in [3.05, 3.63) is 28.8 Å². The summed E-state index contributed by atoms with van der Waals surface area (Å²) in [7, 11) is 0. The smallest absolute Gasteiger partial charge is 0.106 e. The van der Waals surface area contributed by atoms with Crippen molar-refractivity contribution < 1.29 is 5.11 Å². The molecule has 0 bridgehead atoms. The maximum atomic E-state index is 9.16. The molecule has 1 heterocycles. The number of hydrogen-bond donors (Lipinski definition) is 2. The Morgan fingerprint density at radius 2 is 2.35 bits per heavy atom. The van der Waals surface area contributed by atoms with Gasteiger partial charge in [-0.05, 0) is 24.6 Å². The van der Waals surface area contributed by atoms with E-state index < -0.39 is 0 Å². The lowest BCUT2D eigenvalue weighted by Gasteiger charge is -2.21. The Morgan fingerprint density at radius 3 is 2.94 bits per heavy atom. The van der Waals surface area contributed by atoms with Crippen LogP contribution in [0.3, 0.4) is 0 Å². The number of nitrogens with zero attached hydrogens (tertiary/aromatic N) is 1. The molecule has 0 radical (unpaired) electrons. The highest BCUT2D eigenvalue weighted by atomic mass is 35.5. The van der Waals surface area contributed by atoms with Gasteiger partial charge in [0.25, 0.3) is 0 Å². The van der Waals surface area contributed by atoms with Crippen molar-refractivity contribution in [2.24, 2.45) is 11.7 Å². The predicted molar refractivity (Wildman–Crippen MR) is 74.7 cm³/mol. The highest BCUT2D eigenvalue weighted by Crippen LogP contribution is 2.29. The van der Waals surface area contributed by atoms with E-state index in [2.05, 4.69) is 4.90 Å². The third-order valence-corrected chi connectivity index (χ3v) is 3.56. The number of aliphatic hydroxyl groups is 1. The van der Waals surface area contributed by atoms with Gasteiger partial charge in [0.1, 0.15) is 4.99 Å². The molecule has 3 N–H and O–H groups in total. The summed E-state index contributed by atoms with van der Waals surface area (Å²) in [4.78, 5) is 2.56. The molecular formula is C12H15ClN2OS. The number of thiocarbonyl (C=S) groups is 1. The first kappa shape index (κ1) is 12.6. The summed E-state index contributed by atoms with van der Waals surface area (Å²) in [5.41, 5.74) is 7.54. The molecule has 2 rings (SSSR count). The molecule has 1 aromatic carbocycles. The predicted octanol–water partition coefficient (Wildman–Crippen LogP) is 1.79. The van der Waals surface area contributed by atoms with Gasteiger partial charge in [0.2, 0.25) is 0 Å². The number of halogens is 1. The van der Waals surface area contributed by atoms with Crippen LogP contribution >= 0.6 is 23.8 Å². The largest absolute Gasteiger partial charge is 0.396 e. The Labute approximate surface area is 111 Å². The van der Waals surface area contributed by atoms with Crippen LogP contribution in [0.4, 0.5) is 5.69 Å². The quantitative estimate of drug-likeness (QED) is 0.823. The zero-order valence-electron chi connectivity index (χ0n) is 9.40. The normalized spacial score (nSPS) is 19.6. The van der Waals surface area contributed by atoms with E-state index in [1.807, 2.05) is 12.1 Å². The molecule has 1 fully saturated rings. The first-order valence-corrected chi connectivity index (χ1v) is 6.35. The Kier molecular flexibility index (Phi) is 3.86. The summed E-state index contributed by atoms with van der Waals surface area (Å²) in [6.45, 7) is 1.99. The van der Waals surface area contributed by atoms with Gasteiger partial charge in [-0.2, -0.15) is 0 Å². The molecule has 1 unspecified atom stereocenters. The fourth-order valence-corrected chi connectivity index (χ4v) is 2.52. The van der Waals surface area contributed by atoms with E-state index in [-0.39, 0.29) is 6.61 Å². The highest BCUT2D eigenvalue weighted by Gasteiger charge is 2.24. The number of nitrogens with two attached hydrogens (primary N) is 1. The number of hydrogen-bond acceptors (Lipinski definition) is 3. The Morgan fingerprint density at radius 1 is 1.59 bits per heavy atom. The van der Waals surface area contributed by atoms with Crippen LogP contribution in [-0.2, 0) is 0 Å². The molecule has 1 aliphatic heterocycles. The molecule has 1 saturated heterocycles. The van der Waals surface area contributed by atoms with Crippen molar-refractivity contribution >= 4 is 34.5 Å². The van der Waals surface area contributed by atoms with Crippen molar-refractivity contribution in [1.29, 1.82) is 0 Å². The maximum absolute atomic E-state index is 9.16. The third kappa shape index (κ3) is 2.70. The van der Waals surface area contributed by atoms with Gasteiger partial charge in [0, 0.05) is 41.9 Å². The number of aliphatic hydroxyl groups excluding tert-OH is 1. The molecule has 0 aliphatic carbocycles. The average molecular weight is 271 g/mol. The highest BCUT2D eigenvalue weighted by molar-refractivity contribution is 7.80. The van der Waals surface area contributed by atoms with Gasteiger partial charge >= 0.3 is 0 Å². The second-order valence-electron chi connectivity index (χ2n) is 4.31. The molecule has 17 heavy (non-hydrogen) atoms. The summed E-state index contributed by atoms with van der Waals surface area (Å²) in [5, 5.41) is 9.79. The van der Waals surface area contributed by atoms with E-state index in [0.29, 0.717) is 15.9 Å². The van der Waals surface area contributed by atoms with E-state index in [1.54, 1.807) is 6.07 Å². The second-order valence-corrected chi connectivity index (χ2v) is 5.19. The second kappa shape index (κ2) is 5.21. The molecule has 0 amide bonds. The lowest BCUT2D eigenvalue weighted by molar-refractivity contribution is 0.238. The van der Waals surface area contributed by atoms with Crippen molar-refractivity contribution in [2.75, 3.05) is 24.6 Å². The van der Waals surface area contributed by atoms with Gasteiger partial charge in [0.15, 0.2) is 0 Å². The van der Waals surface area contributed by atoms with E-state index in [9.17, 15) is 0 Å². The molecule has 3 nitrogen and oxygen atoms in total. The van der Waals surface area contributed by atoms with E-state index in [0.717, 1.165) is 30.8 Å². The molecule has 92 valence electrons. The summed E-state index contributed by atoms with van der Waals surface area (Å²) in [6, 6.07) is 5.58.